The normalized spacial score (nSPS) is 12.9. The number of benzene rings is 11. The second kappa shape index (κ2) is 23.5. The zero-order chi connectivity index (χ0) is 53.5. The Morgan fingerprint density at radius 3 is 1.38 bits per heavy atom. The van der Waals surface area contributed by atoms with E-state index in [1.165, 1.54) is 0 Å². The minimum Gasteiger partial charge on any atom is -0.409 e. The Balaban J connectivity index is 0.845. The molecule has 0 amide bonds. The van der Waals surface area contributed by atoms with E-state index in [4.69, 9.17) is 53.6 Å². The predicted molar refractivity (Wildman–Crippen MR) is 316 cm³/mol. The van der Waals surface area contributed by atoms with E-state index in [-0.39, 0.29) is 0 Å². The first-order valence-electron chi connectivity index (χ1n) is 25.2. The van der Waals surface area contributed by atoms with E-state index in [0.29, 0.717) is 68.7 Å². The molecule has 80 heavy (non-hydrogen) atoms. The van der Waals surface area contributed by atoms with Gasteiger partial charge in [0, 0.05) is 21.9 Å². The third-order valence-electron chi connectivity index (χ3n) is 12.4. The molecule has 2 heterocycles. The first-order valence-corrected chi connectivity index (χ1v) is 29.6. The summed E-state index contributed by atoms with van der Waals surface area (Å²) >= 11 is 0. The standard InChI is InChI=1S/C64H44O12P4/c1-5-23-46(24-6-1)65-77(66-47-25-7-2-8-26-47)73-60-38-19-20-39-61(60)74-78(67-48-27-9-3-10-28-48)69-50-31-21-22-45(44-50)51-42-43-62-63-55(51)40-41-56(64(63)76-79(75-62)68-49-29-11-4-12-30-49)54-34-15-18-37-59(54)72-80-70-57-35-16-13-32-52(57)53-33-14-17-36-58(53)71-80/h1-44H. The van der Waals surface area contributed by atoms with E-state index in [1.54, 1.807) is 12.1 Å². The highest BCUT2D eigenvalue weighted by Crippen LogP contribution is 2.58. The van der Waals surface area contributed by atoms with Gasteiger partial charge in [-0.25, -0.2) is 0 Å². The van der Waals surface area contributed by atoms with Crippen molar-refractivity contribution in [2.45, 2.75) is 0 Å². The van der Waals surface area contributed by atoms with Crippen LogP contribution in [0.5, 0.6) is 57.5 Å². The number of para-hydroxylation sites is 9. The second-order valence-electron chi connectivity index (χ2n) is 17.7. The summed E-state index contributed by atoms with van der Waals surface area (Å²) < 4.78 is 78.5. The van der Waals surface area contributed by atoms with Gasteiger partial charge < -0.3 is 53.6 Å². The lowest BCUT2D eigenvalue weighted by Gasteiger charge is -2.27. The molecule has 0 aliphatic carbocycles. The van der Waals surface area contributed by atoms with Crippen LogP contribution in [0.4, 0.5) is 0 Å². The van der Waals surface area contributed by atoms with Gasteiger partial charge in [-0.15, -0.1) is 0 Å². The van der Waals surface area contributed by atoms with E-state index in [0.717, 1.165) is 43.8 Å². The number of rotatable bonds is 18. The van der Waals surface area contributed by atoms with Crippen LogP contribution < -0.4 is 45.2 Å². The van der Waals surface area contributed by atoms with Crippen molar-refractivity contribution in [1.29, 1.82) is 0 Å². The molecule has 16 heteroatoms. The predicted octanol–water partition coefficient (Wildman–Crippen LogP) is 20.2. The molecule has 0 N–H and O–H groups in total. The van der Waals surface area contributed by atoms with Gasteiger partial charge in [0.05, 0.1) is 5.39 Å². The van der Waals surface area contributed by atoms with Crippen molar-refractivity contribution >= 4 is 66.8 Å². The average Bonchev–Trinajstić information content (AvgIpc) is 3.74. The summed E-state index contributed by atoms with van der Waals surface area (Å²) in [7, 11) is -8.12. The highest BCUT2D eigenvalue weighted by Gasteiger charge is 2.33. The van der Waals surface area contributed by atoms with Gasteiger partial charge in [0.15, 0.2) is 11.5 Å². The maximum Gasteiger partial charge on any atom is 0.530 e. The van der Waals surface area contributed by atoms with Gasteiger partial charge in [-0.2, -0.15) is 0 Å². The van der Waals surface area contributed by atoms with Crippen molar-refractivity contribution < 1.29 is 53.6 Å². The Labute approximate surface area is 464 Å². The molecule has 0 bridgehead atoms. The Hall–Kier alpha value is -9.13. The molecule has 1 aliphatic heterocycles. The average molecular weight is 1130 g/mol. The van der Waals surface area contributed by atoms with Crippen LogP contribution in [-0.2, 0) is 0 Å². The second-order valence-corrected chi connectivity index (χ2v) is 21.7. The molecule has 392 valence electrons. The minimum atomic E-state index is -2.17. The van der Waals surface area contributed by atoms with Crippen molar-refractivity contribution in [3.05, 3.63) is 267 Å². The summed E-state index contributed by atoms with van der Waals surface area (Å²) in [5.41, 5.74) is 4.54. The van der Waals surface area contributed by atoms with Gasteiger partial charge in [0.2, 0.25) is 0 Å². The molecular weight excluding hydrogens is 1080 g/mol. The fourth-order valence-corrected chi connectivity index (χ4v) is 12.9. The van der Waals surface area contributed by atoms with Crippen LogP contribution in [0.25, 0.3) is 55.0 Å². The molecule has 2 unspecified atom stereocenters. The van der Waals surface area contributed by atoms with Crippen molar-refractivity contribution in [2.75, 3.05) is 0 Å². The topological polar surface area (TPSA) is 119 Å². The molecule has 13 rings (SSSR count). The molecule has 12 nitrogen and oxygen atoms in total. The number of hydrogen-bond donors (Lipinski definition) is 0. The fourth-order valence-electron chi connectivity index (χ4n) is 8.78. The molecule has 2 atom stereocenters. The van der Waals surface area contributed by atoms with E-state index in [9.17, 15) is 0 Å². The highest BCUT2D eigenvalue weighted by atomic mass is 31.2. The molecule has 0 fully saturated rings. The molecule has 0 saturated carbocycles. The summed E-state index contributed by atoms with van der Waals surface area (Å²) in [5, 5.41) is 3.44. The quantitative estimate of drug-likeness (QED) is 0.0761. The molecule has 12 aromatic rings. The minimum absolute atomic E-state index is 0.347. The largest absolute Gasteiger partial charge is 0.530 e. The summed E-state index contributed by atoms with van der Waals surface area (Å²) in [5.74, 6) is 5.18. The van der Waals surface area contributed by atoms with Crippen molar-refractivity contribution in [2.24, 2.45) is 0 Å². The van der Waals surface area contributed by atoms with Crippen LogP contribution in [-0.4, -0.2) is 0 Å². The highest BCUT2D eigenvalue weighted by molar-refractivity contribution is 7.43. The molecule has 0 radical (unpaired) electrons. The van der Waals surface area contributed by atoms with E-state index < -0.39 is 34.0 Å². The van der Waals surface area contributed by atoms with E-state index in [2.05, 4.69) is 6.07 Å². The molecule has 0 saturated heterocycles. The third-order valence-corrected chi connectivity index (χ3v) is 16.6. The van der Waals surface area contributed by atoms with Gasteiger partial charge in [-0.3, -0.25) is 0 Å². The van der Waals surface area contributed by atoms with Crippen LogP contribution in [0.1, 0.15) is 0 Å². The van der Waals surface area contributed by atoms with Crippen LogP contribution >= 0.6 is 34.0 Å². The zero-order valence-electron chi connectivity index (χ0n) is 42.1. The monoisotopic (exact) mass is 1130 g/mol. The maximum absolute atomic E-state index is 6.85. The zero-order valence-corrected chi connectivity index (χ0v) is 45.7. The van der Waals surface area contributed by atoms with Gasteiger partial charge in [0.1, 0.15) is 57.2 Å². The van der Waals surface area contributed by atoms with E-state index >= 15 is 0 Å². The molecule has 1 aromatic heterocycles. The Bertz CT molecular complexity index is 4040. The fraction of sp³-hybridized carbons (Fsp3) is 0. The smallest absolute Gasteiger partial charge is 0.409 e. The van der Waals surface area contributed by atoms with Crippen LogP contribution in [0, 0.1) is 0 Å². The van der Waals surface area contributed by atoms with Crippen LogP contribution in [0.15, 0.2) is 275 Å². The SMILES string of the molecule is c1ccc(OP(Oc2ccccc2)Oc2ccccc2OP(Oc2ccccc2)Oc2cccc(-c3ccc4c5c(c(-c6ccccc6Op6oc7ccccc7c7ccccc7o6)ccc35)OP(Oc3ccccc3)O4)c2)cc1. The van der Waals surface area contributed by atoms with E-state index in [1.807, 2.05) is 249 Å². The molecular formula is C64H44O12P4. The van der Waals surface area contributed by atoms with Crippen molar-refractivity contribution in [3.63, 3.8) is 0 Å². The first kappa shape index (κ1) is 50.4. The number of fused-ring (bicyclic) bond motifs is 3. The van der Waals surface area contributed by atoms with Crippen LogP contribution in [0.3, 0.4) is 0 Å². The van der Waals surface area contributed by atoms with Gasteiger partial charge in [0.25, 0.3) is 0 Å². The first-order chi connectivity index (χ1) is 39.6. The van der Waals surface area contributed by atoms with Crippen LogP contribution in [0.2, 0.25) is 0 Å². The molecule has 0 spiro atoms. The summed E-state index contributed by atoms with van der Waals surface area (Å²) in [6.07, 6.45) is 0. The lowest BCUT2D eigenvalue weighted by Crippen LogP contribution is -2.08. The Morgan fingerprint density at radius 2 is 0.787 bits per heavy atom. The van der Waals surface area contributed by atoms with Gasteiger partial charge in [-0.1, -0.05) is 164 Å². The Kier molecular flexibility index (Phi) is 14.8. The Morgan fingerprint density at radius 1 is 0.312 bits per heavy atom. The lowest BCUT2D eigenvalue weighted by atomic mass is 9.93. The summed E-state index contributed by atoms with van der Waals surface area (Å²) in [6.45, 7) is 0. The number of hydrogen-bond acceptors (Lipinski definition) is 12. The molecule has 11 aromatic carbocycles. The van der Waals surface area contributed by atoms with Crippen molar-refractivity contribution in [3.8, 4) is 79.7 Å². The maximum atomic E-state index is 6.85. The lowest BCUT2D eigenvalue weighted by molar-refractivity contribution is 0.362. The summed E-state index contributed by atoms with van der Waals surface area (Å²) in [4.78, 5) is 0. The van der Waals surface area contributed by atoms with Crippen molar-refractivity contribution in [1.82, 2.24) is 0 Å². The van der Waals surface area contributed by atoms with Gasteiger partial charge in [-0.05, 0) is 120 Å². The molecule has 1 aliphatic rings. The third kappa shape index (κ3) is 11.4. The summed E-state index contributed by atoms with van der Waals surface area (Å²) in [6, 6.07) is 84.1. The van der Waals surface area contributed by atoms with Gasteiger partial charge >= 0.3 is 34.0 Å².